The van der Waals surface area contributed by atoms with Crippen molar-refractivity contribution < 1.29 is 23.1 Å². The van der Waals surface area contributed by atoms with Crippen LogP contribution in [0.2, 0.25) is 0 Å². The first-order chi connectivity index (χ1) is 8.79. The maximum atomic E-state index is 11.5. The van der Waals surface area contributed by atoms with Crippen molar-refractivity contribution in [2.24, 2.45) is 0 Å². The second kappa shape index (κ2) is 6.33. The van der Waals surface area contributed by atoms with Crippen LogP contribution in [-0.2, 0) is 19.4 Å². The van der Waals surface area contributed by atoms with E-state index in [1.807, 2.05) is 0 Å². The first kappa shape index (κ1) is 15.2. The van der Waals surface area contributed by atoms with Gasteiger partial charge in [0.05, 0.1) is 5.75 Å². The number of rotatable bonds is 6. The molecule has 1 aromatic carbocycles. The molecule has 0 heterocycles. The third-order valence-electron chi connectivity index (χ3n) is 2.39. The standard InChI is InChI=1S/C12H15NO5S/c1-19(17,18)8-7-10(14)13-11(12(15)16)9-5-3-2-4-6-9/h2-6,11H,7-8H2,1H3,(H,13,14)(H,15,16)/t11-/m0/s1. The third kappa shape index (κ3) is 5.52. The molecular weight excluding hydrogens is 270 g/mol. The summed E-state index contributed by atoms with van der Waals surface area (Å²) in [6.07, 6.45) is 0.765. The van der Waals surface area contributed by atoms with Gasteiger partial charge in [-0.05, 0) is 5.56 Å². The van der Waals surface area contributed by atoms with Crippen LogP contribution in [0.4, 0.5) is 0 Å². The smallest absolute Gasteiger partial charge is 0.330 e. The van der Waals surface area contributed by atoms with Crippen molar-refractivity contribution in [3.05, 3.63) is 35.9 Å². The van der Waals surface area contributed by atoms with Crippen LogP contribution in [0.25, 0.3) is 0 Å². The highest BCUT2D eigenvalue weighted by atomic mass is 32.2. The molecule has 1 atom stereocenters. The molecule has 0 radical (unpaired) electrons. The van der Waals surface area contributed by atoms with E-state index in [1.165, 1.54) is 0 Å². The molecule has 1 amide bonds. The summed E-state index contributed by atoms with van der Waals surface area (Å²) in [5, 5.41) is 11.4. The fourth-order valence-corrected chi connectivity index (χ4v) is 2.00. The lowest BCUT2D eigenvalue weighted by Crippen LogP contribution is -2.34. The normalized spacial score (nSPS) is 12.7. The molecule has 7 heteroatoms. The molecule has 0 aliphatic heterocycles. The van der Waals surface area contributed by atoms with Gasteiger partial charge in [0.25, 0.3) is 0 Å². The average Bonchev–Trinajstić information content (AvgIpc) is 2.33. The maximum Gasteiger partial charge on any atom is 0.330 e. The number of benzene rings is 1. The Balaban J connectivity index is 2.70. The Labute approximate surface area is 111 Å². The Morgan fingerprint density at radius 2 is 1.84 bits per heavy atom. The lowest BCUT2D eigenvalue weighted by atomic mass is 10.1. The molecule has 0 spiro atoms. The van der Waals surface area contributed by atoms with Crippen molar-refractivity contribution in [2.45, 2.75) is 12.5 Å². The predicted octanol–water partition coefficient (Wildman–Crippen LogP) is 0.363. The number of carbonyl (C=O) groups is 2. The van der Waals surface area contributed by atoms with E-state index < -0.39 is 27.8 Å². The highest BCUT2D eigenvalue weighted by molar-refractivity contribution is 7.90. The molecule has 0 aliphatic carbocycles. The Morgan fingerprint density at radius 1 is 1.26 bits per heavy atom. The molecule has 104 valence electrons. The number of nitrogens with one attached hydrogen (secondary N) is 1. The molecule has 2 N–H and O–H groups in total. The van der Waals surface area contributed by atoms with E-state index in [0.717, 1.165) is 6.26 Å². The van der Waals surface area contributed by atoms with Gasteiger partial charge in [0.2, 0.25) is 5.91 Å². The number of sulfone groups is 1. The summed E-state index contributed by atoms with van der Waals surface area (Å²) < 4.78 is 21.9. The fraction of sp³-hybridized carbons (Fsp3) is 0.333. The van der Waals surface area contributed by atoms with Crippen molar-refractivity contribution in [1.29, 1.82) is 0 Å². The van der Waals surface area contributed by atoms with Crippen molar-refractivity contribution in [3.8, 4) is 0 Å². The Morgan fingerprint density at radius 3 is 2.32 bits per heavy atom. The SMILES string of the molecule is CS(=O)(=O)CCC(=O)N[C@H](C(=O)O)c1ccccc1. The average molecular weight is 285 g/mol. The van der Waals surface area contributed by atoms with E-state index in [9.17, 15) is 18.0 Å². The van der Waals surface area contributed by atoms with Crippen LogP contribution in [0.15, 0.2) is 30.3 Å². The molecule has 0 saturated heterocycles. The first-order valence-corrected chi connectivity index (χ1v) is 7.60. The van der Waals surface area contributed by atoms with Crippen LogP contribution >= 0.6 is 0 Å². The van der Waals surface area contributed by atoms with Crippen LogP contribution in [0.1, 0.15) is 18.0 Å². The molecule has 1 aromatic rings. The van der Waals surface area contributed by atoms with Gasteiger partial charge in [-0.3, -0.25) is 4.79 Å². The summed E-state index contributed by atoms with van der Waals surface area (Å²) in [6, 6.07) is 7.04. The summed E-state index contributed by atoms with van der Waals surface area (Å²) >= 11 is 0. The highest BCUT2D eigenvalue weighted by Gasteiger charge is 2.22. The largest absolute Gasteiger partial charge is 0.479 e. The zero-order chi connectivity index (χ0) is 14.5. The Kier molecular flexibility index (Phi) is 5.05. The number of carboxylic acids is 1. The zero-order valence-electron chi connectivity index (χ0n) is 10.4. The van der Waals surface area contributed by atoms with Gasteiger partial charge in [0.15, 0.2) is 6.04 Å². The summed E-state index contributed by atoms with van der Waals surface area (Å²) in [7, 11) is -3.25. The number of aliphatic carboxylic acids is 1. The van der Waals surface area contributed by atoms with Gasteiger partial charge < -0.3 is 10.4 Å². The van der Waals surface area contributed by atoms with Gasteiger partial charge in [0, 0.05) is 12.7 Å². The Hall–Kier alpha value is -1.89. The third-order valence-corrected chi connectivity index (χ3v) is 3.33. The zero-order valence-corrected chi connectivity index (χ0v) is 11.2. The van der Waals surface area contributed by atoms with Gasteiger partial charge in [0.1, 0.15) is 9.84 Å². The van der Waals surface area contributed by atoms with Crippen LogP contribution < -0.4 is 5.32 Å². The number of hydrogen-bond acceptors (Lipinski definition) is 4. The second-order valence-electron chi connectivity index (χ2n) is 4.13. The van der Waals surface area contributed by atoms with Crippen LogP contribution in [-0.4, -0.2) is 37.4 Å². The second-order valence-corrected chi connectivity index (χ2v) is 6.39. The molecule has 0 unspecified atom stereocenters. The monoisotopic (exact) mass is 285 g/mol. The molecule has 0 saturated carbocycles. The Bertz CT molecular complexity index is 553. The van der Waals surface area contributed by atoms with Gasteiger partial charge in [-0.25, -0.2) is 13.2 Å². The van der Waals surface area contributed by atoms with Gasteiger partial charge in [-0.15, -0.1) is 0 Å². The van der Waals surface area contributed by atoms with E-state index in [0.29, 0.717) is 5.56 Å². The maximum absolute atomic E-state index is 11.5. The van der Waals surface area contributed by atoms with Gasteiger partial charge in [-0.1, -0.05) is 30.3 Å². The van der Waals surface area contributed by atoms with E-state index in [2.05, 4.69) is 5.32 Å². The van der Waals surface area contributed by atoms with Crippen LogP contribution in [0, 0.1) is 0 Å². The number of amides is 1. The molecule has 6 nitrogen and oxygen atoms in total. The van der Waals surface area contributed by atoms with E-state index >= 15 is 0 Å². The predicted molar refractivity (Wildman–Crippen MR) is 69.3 cm³/mol. The van der Waals surface area contributed by atoms with E-state index in [4.69, 9.17) is 5.11 Å². The van der Waals surface area contributed by atoms with Gasteiger partial charge in [-0.2, -0.15) is 0 Å². The van der Waals surface area contributed by atoms with Crippen molar-refractivity contribution in [3.63, 3.8) is 0 Å². The minimum atomic E-state index is -3.25. The molecule has 1 rings (SSSR count). The topological polar surface area (TPSA) is 101 Å². The summed E-state index contributed by atoms with van der Waals surface area (Å²) in [4.78, 5) is 22.6. The number of hydrogen-bond donors (Lipinski definition) is 2. The van der Waals surface area contributed by atoms with Crippen LogP contribution in [0.3, 0.4) is 0 Å². The van der Waals surface area contributed by atoms with Gasteiger partial charge >= 0.3 is 5.97 Å². The molecular formula is C12H15NO5S. The van der Waals surface area contributed by atoms with E-state index in [1.54, 1.807) is 30.3 Å². The first-order valence-electron chi connectivity index (χ1n) is 5.54. The molecule has 19 heavy (non-hydrogen) atoms. The summed E-state index contributed by atoms with van der Waals surface area (Å²) in [5.41, 5.74) is 0.433. The summed E-state index contributed by atoms with van der Waals surface area (Å²) in [6.45, 7) is 0. The molecule has 0 aliphatic rings. The van der Waals surface area contributed by atoms with Crippen molar-refractivity contribution in [1.82, 2.24) is 5.32 Å². The van der Waals surface area contributed by atoms with E-state index in [-0.39, 0.29) is 12.2 Å². The summed E-state index contributed by atoms with van der Waals surface area (Å²) in [5.74, 6) is -2.11. The van der Waals surface area contributed by atoms with Crippen molar-refractivity contribution in [2.75, 3.05) is 12.0 Å². The number of carboxylic acid groups (broad SMARTS) is 1. The van der Waals surface area contributed by atoms with Crippen molar-refractivity contribution >= 4 is 21.7 Å². The quantitative estimate of drug-likeness (QED) is 0.786. The highest BCUT2D eigenvalue weighted by Crippen LogP contribution is 2.12. The minimum absolute atomic E-state index is 0.255. The molecule has 0 bridgehead atoms. The minimum Gasteiger partial charge on any atom is -0.479 e. The fourth-order valence-electron chi connectivity index (χ4n) is 1.44. The molecule has 0 aromatic heterocycles. The lowest BCUT2D eigenvalue weighted by Gasteiger charge is -2.14. The van der Waals surface area contributed by atoms with Crippen LogP contribution in [0.5, 0.6) is 0 Å². The lowest BCUT2D eigenvalue weighted by molar-refractivity contribution is -0.142. The number of carbonyl (C=O) groups excluding carboxylic acids is 1. The molecule has 0 fully saturated rings.